The van der Waals surface area contributed by atoms with E-state index in [0.717, 1.165) is 5.56 Å². The van der Waals surface area contributed by atoms with Gasteiger partial charge >= 0.3 is 0 Å². The standard InChI is InChI=1S/C16H13Cl4N5O/c1-8-13(20)14(24(2)22-8)16(26)21-15-12(19)7-25(23-15)6-9-3-4-10(17)5-11(9)18/h3-5,7H,6H2,1-2H3,(H,21,23,26). The second-order valence-electron chi connectivity index (χ2n) is 5.58. The van der Waals surface area contributed by atoms with Crippen molar-refractivity contribution in [3.05, 3.63) is 61.4 Å². The number of rotatable bonds is 4. The summed E-state index contributed by atoms with van der Waals surface area (Å²) in [6.45, 7) is 2.09. The molecule has 0 saturated carbocycles. The van der Waals surface area contributed by atoms with Gasteiger partial charge in [0.1, 0.15) is 10.7 Å². The van der Waals surface area contributed by atoms with Gasteiger partial charge in [-0.2, -0.15) is 10.2 Å². The molecule has 3 aromatic rings. The van der Waals surface area contributed by atoms with E-state index in [1.54, 1.807) is 43.0 Å². The maximum Gasteiger partial charge on any atom is 0.276 e. The van der Waals surface area contributed by atoms with Gasteiger partial charge < -0.3 is 5.32 Å². The van der Waals surface area contributed by atoms with E-state index >= 15 is 0 Å². The second kappa shape index (κ2) is 7.48. The molecule has 0 bridgehead atoms. The third-order valence-electron chi connectivity index (χ3n) is 3.66. The van der Waals surface area contributed by atoms with Gasteiger partial charge in [0.25, 0.3) is 5.91 Å². The van der Waals surface area contributed by atoms with Gasteiger partial charge in [0.2, 0.25) is 0 Å². The van der Waals surface area contributed by atoms with E-state index in [2.05, 4.69) is 15.5 Å². The van der Waals surface area contributed by atoms with Crippen LogP contribution in [0.5, 0.6) is 0 Å². The molecule has 0 saturated heterocycles. The number of carbonyl (C=O) groups excluding carboxylic acids is 1. The molecule has 1 amide bonds. The Morgan fingerprint density at radius 3 is 2.50 bits per heavy atom. The molecule has 0 aliphatic carbocycles. The first-order chi connectivity index (χ1) is 12.3. The van der Waals surface area contributed by atoms with E-state index in [9.17, 15) is 4.79 Å². The normalized spacial score (nSPS) is 11.0. The number of benzene rings is 1. The first-order valence-electron chi connectivity index (χ1n) is 7.43. The predicted octanol–water partition coefficient (Wildman–Crippen LogP) is 4.84. The molecule has 0 aliphatic rings. The second-order valence-corrected chi connectivity index (χ2v) is 7.21. The molecule has 2 heterocycles. The lowest BCUT2D eigenvalue weighted by Crippen LogP contribution is -2.17. The average molecular weight is 433 g/mol. The third kappa shape index (κ3) is 3.83. The molecule has 1 aromatic carbocycles. The Labute approximate surface area is 169 Å². The van der Waals surface area contributed by atoms with Crippen molar-refractivity contribution in [2.75, 3.05) is 5.32 Å². The van der Waals surface area contributed by atoms with Crippen LogP contribution in [0.2, 0.25) is 20.1 Å². The van der Waals surface area contributed by atoms with Gasteiger partial charge in [-0.25, -0.2) is 0 Å². The molecular weight excluding hydrogens is 420 g/mol. The summed E-state index contributed by atoms with van der Waals surface area (Å²) >= 11 is 24.4. The predicted molar refractivity (Wildman–Crippen MR) is 104 cm³/mol. The van der Waals surface area contributed by atoms with Crippen molar-refractivity contribution >= 4 is 58.1 Å². The highest BCUT2D eigenvalue weighted by molar-refractivity contribution is 6.36. The Hall–Kier alpha value is -1.73. The molecule has 10 heteroatoms. The summed E-state index contributed by atoms with van der Waals surface area (Å²) in [7, 11) is 1.64. The van der Waals surface area contributed by atoms with Crippen molar-refractivity contribution in [1.29, 1.82) is 0 Å². The van der Waals surface area contributed by atoms with E-state index < -0.39 is 5.91 Å². The van der Waals surface area contributed by atoms with E-state index in [1.807, 2.05) is 0 Å². The van der Waals surface area contributed by atoms with Crippen molar-refractivity contribution in [2.24, 2.45) is 7.05 Å². The monoisotopic (exact) mass is 431 g/mol. The fourth-order valence-electron chi connectivity index (χ4n) is 2.43. The molecule has 6 nitrogen and oxygen atoms in total. The van der Waals surface area contributed by atoms with Crippen LogP contribution in [0.3, 0.4) is 0 Å². The lowest BCUT2D eigenvalue weighted by molar-refractivity contribution is 0.101. The number of hydrogen-bond donors (Lipinski definition) is 1. The Morgan fingerprint density at radius 1 is 1.15 bits per heavy atom. The van der Waals surface area contributed by atoms with Crippen molar-refractivity contribution in [2.45, 2.75) is 13.5 Å². The van der Waals surface area contributed by atoms with Gasteiger partial charge in [0.15, 0.2) is 5.82 Å². The van der Waals surface area contributed by atoms with Gasteiger partial charge in [-0.15, -0.1) is 0 Å². The number of amides is 1. The SMILES string of the molecule is Cc1nn(C)c(C(=O)Nc2nn(Cc3ccc(Cl)cc3Cl)cc2Cl)c1Cl. The molecule has 0 spiro atoms. The number of hydrogen-bond acceptors (Lipinski definition) is 3. The molecule has 2 aromatic heterocycles. The highest BCUT2D eigenvalue weighted by Gasteiger charge is 2.21. The van der Waals surface area contributed by atoms with Crippen LogP contribution in [-0.4, -0.2) is 25.5 Å². The minimum atomic E-state index is -0.449. The first kappa shape index (κ1) is 19.0. The molecule has 3 rings (SSSR count). The number of nitrogens with one attached hydrogen (secondary N) is 1. The van der Waals surface area contributed by atoms with Gasteiger partial charge in [-0.3, -0.25) is 14.2 Å². The van der Waals surface area contributed by atoms with Gasteiger partial charge in [0.05, 0.1) is 17.3 Å². The van der Waals surface area contributed by atoms with Crippen LogP contribution >= 0.6 is 46.4 Å². The Bertz CT molecular complexity index is 995. The number of nitrogens with zero attached hydrogens (tertiary/aromatic N) is 4. The summed E-state index contributed by atoms with van der Waals surface area (Å²) in [5.74, 6) is -0.230. The number of halogens is 4. The van der Waals surface area contributed by atoms with E-state index in [0.29, 0.717) is 27.3 Å². The summed E-state index contributed by atoms with van der Waals surface area (Å²) < 4.78 is 2.98. The molecule has 136 valence electrons. The Kier molecular flexibility index (Phi) is 5.48. The fraction of sp³-hybridized carbons (Fsp3) is 0.188. The van der Waals surface area contributed by atoms with Crippen LogP contribution in [-0.2, 0) is 13.6 Å². The minimum absolute atomic E-state index is 0.219. The van der Waals surface area contributed by atoms with Crippen molar-refractivity contribution in [3.63, 3.8) is 0 Å². The van der Waals surface area contributed by atoms with Crippen molar-refractivity contribution in [1.82, 2.24) is 19.6 Å². The molecule has 0 aliphatic heterocycles. The summed E-state index contributed by atoms with van der Waals surface area (Å²) in [6.07, 6.45) is 1.60. The number of carbonyl (C=O) groups is 1. The van der Waals surface area contributed by atoms with Crippen LogP contribution in [0.25, 0.3) is 0 Å². The van der Waals surface area contributed by atoms with Gasteiger partial charge in [0, 0.05) is 23.3 Å². The van der Waals surface area contributed by atoms with Crippen molar-refractivity contribution < 1.29 is 4.79 Å². The average Bonchev–Trinajstić information content (AvgIpc) is 3.01. The molecular formula is C16H13Cl4N5O. The molecule has 26 heavy (non-hydrogen) atoms. The smallest absolute Gasteiger partial charge is 0.276 e. The zero-order valence-corrected chi connectivity index (χ0v) is 16.7. The largest absolute Gasteiger partial charge is 0.302 e. The van der Waals surface area contributed by atoms with Crippen LogP contribution in [0.4, 0.5) is 5.82 Å². The molecule has 0 radical (unpaired) electrons. The van der Waals surface area contributed by atoms with Crippen molar-refractivity contribution in [3.8, 4) is 0 Å². The highest BCUT2D eigenvalue weighted by Crippen LogP contribution is 2.26. The zero-order chi connectivity index (χ0) is 19.0. The van der Waals surface area contributed by atoms with Crippen LogP contribution in [0.1, 0.15) is 21.7 Å². The lowest BCUT2D eigenvalue weighted by Gasteiger charge is -2.05. The lowest BCUT2D eigenvalue weighted by atomic mass is 10.2. The highest BCUT2D eigenvalue weighted by atomic mass is 35.5. The van der Waals surface area contributed by atoms with Crippen LogP contribution in [0.15, 0.2) is 24.4 Å². The maximum atomic E-state index is 12.5. The van der Waals surface area contributed by atoms with E-state index in [4.69, 9.17) is 46.4 Å². The van der Waals surface area contributed by atoms with E-state index in [1.165, 1.54) is 4.68 Å². The summed E-state index contributed by atoms with van der Waals surface area (Å²) in [6, 6.07) is 5.19. The minimum Gasteiger partial charge on any atom is -0.302 e. The summed E-state index contributed by atoms with van der Waals surface area (Å²) in [5, 5.41) is 12.7. The summed E-state index contributed by atoms with van der Waals surface area (Å²) in [4.78, 5) is 12.5. The first-order valence-corrected chi connectivity index (χ1v) is 8.94. The number of aryl methyl sites for hydroxylation is 2. The maximum absolute atomic E-state index is 12.5. The fourth-order valence-corrected chi connectivity index (χ4v) is 3.34. The van der Waals surface area contributed by atoms with Crippen LogP contribution in [0, 0.1) is 6.92 Å². The summed E-state index contributed by atoms with van der Waals surface area (Å²) in [5.41, 5.74) is 1.61. The van der Waals surface area contributed by atoms with E-state index in [-0.39, 0.29) is 16.5 Å². The van der Waals surface area contributed by atoms with Gasteiger partial charge in [-0.1, -0.05) is 52.5 Å². The molecule has 1 N–H and O–H groups in total. The van der Waals surface area contributed by atoms with Crippen LogP contribution < -0.4 is 5.32 Å². The third-order valence-corrected chi connectivity index (χ3v) is 4.98. The Balaban J connectivity index is 1.81. The molecule has 0 atom stereocenters. The Morgan fingerprint density at radius 2 is 1.88 bits per heavy atom. The quantitative estimate of drug-likeness (QED) is 0.641. The number of aromatic nitrogens is 4. The molecule has 0 unspecified atom stereocenters. The van der Waals surface area contributed by atoms with Gasteiger partial charge in [-0.05, 0) is 24.6 Å². The topological polar surface area (TPSA) is 64.7 Å². The zero-order valence-electron chi connectivity index (χ0n) is 13.7. The molecule has 0 fully saturated rings. The number of anilines is 1.